The van der Waals surface area contributed by atoms with Crippen molar-refractivity contribution in [3.05, 3.63) is 29.8 Å². The molecular weight excluding hydrogens is 240 g/mol. The third kappa shape index (κ3) is 4.91. The lowest BCUT2D eigenvalue weighted by molar-refractivity contribution is -0.127. The summed E-state index contributed by atoms with van der Waals surface area (Å²) in [6.07, 6.45) is 1.17. The number of hydrogen-bond donors (Lipinski definition) is 2. The van der Waals surface area contributed by atoms with E-state index in [2.05, 4.69) is 12.2 Å². The van der Waals surface area contributed by atoms with Crippen molar-refractivity contribution in [2.45, 2.75) is 45.8 Å². The Morgan fingerprint density at radius 2 is 2.05 bits per heavy atom. The molecule has 2 atom stereocenters. The monoisotopic (exact) mass is 264 g/mol. The summed E-state index contributed by atoms with van der Waals surface area (Å²) in [5, 5.41) is 2.75. The van der Waals surface area contributed by atoms with Crippen LogP contribution in [-0.2, 0) is 11.2 Å². The predicted molar refractivity (Wildman–Crippen MR) is 77.2 cm³/mol. The van der Waals surface area contributed by atoms with Crippen LogP contribution >= 0.6 is 0 Å². The van der Waals surface area contributed by atoms with Gasteiger partial charge < -0.3 is 15.8 Å². The van der Waals surface area contributed by atoms with E-state index in [4.69, 9.17) is 10.5 Å². The topological polar surface area (TPSA) is 64.3 Å². The summed E-state index contributed by atoms with van der Waals surface area (Å²) in [5.41, 5.74) is 7.03. The molecule has 0 radical (unpaired) electrons. The lowest BCUT2D eigenvalue weighted by atomic mass is 10.0. The van der Waals surface area contributed by atoms with Gasteiger partial charge in [-0.25, -0.2) is 0 Å². The first kappa shape index (κ1) is 15.5. The molecule has 2 unspecified atom stereocenters. The van der Waals surface area contributed by atoms with E-state index in [0.29, 0.717) is 6.54 Å². The van der Waals surface area contributed by atoms with Crippen LogP contribution in [0.2, 0.25) is 0 Å². The van der Waals surface area contributed by atoms with E-state index in [-0.39, 0.29) is 11.9 Å². The molecule has 1 aromatic carbocycles. The smallest absolute Gasteiger partial charge is 0.260 e. The third-order valence-electron chi connectivity index (χ3n) is 3.00. The van der Waals surface area contributed by atoms with E-state index in [0.717, 1.165) is 24.2 Å². The minimum Gasteiger partial charge on any atom is -0.481 e. The molecule has 4 nitrogen and oxygen atoms in total. The Labute approximate surface area is 115 Å². The van der Waals surface area contributed by atoms with Gasteiger partial charge in [0.25, 0.3) is 5.91 Å². The third-order valence-corrected chi connectivity index (χ3v) is 3.00. The van der Waals surface area contributed by atoms with Gasteiger partial charge in [0.15, 0.2) is 6.10 Å². The van der Waals surface area contributed by atoms with Crippen LogP contribution < -0.4 is 15.8 Å². The van der Waals surface area contributed by atoms with Gasteiger partial charge in [0.2, 0.25) is 0 Å². The summed E-state index contributed by atoms with van der Waals surface area (Å²) < 4.78 is 5.74. The molecule has 0 aliphatic heterocycles. The zero-order valence-corrected chi connectivity index (χ0v) is 12.0. The molecule has 0 saturated carbocycles. The van der Waals surface area contributed by atoms with E-state index in [1.165, 1.54) is 0 Å². The number of likely N-dealkylation sites (N-methyl/N-ethyl adjacent to an activating group) is 1. The Hall–Kier alpha value is -1.55. The van der Waals surface area contributed by atoms with Crippen LogP contribution in [0.4, 0.5) is 0 Å². The Morgan fingerprint density at radius 3 is 2.68 bits per heavy atom. The first-order chi connectivity index (χ1) is 9.08. The number of ether oxygens (including phenoxy) is 1. The van der Waals surface area contributed by atoms with Crippen LogP contribution in [0.15, 0.2) is 24.3 Å². The van der Waals surface area contributed by atoms with Gasteiger partial charge in [-0.2, -0.15) is 0 Å². The zero-order chi connectivity index (χ0) is 14.3. The maximum Gasteiger partial charge on any atom is 0.260 e. The molecule has 1 amide bonds. The Morgan fingerprint density at radius 1 is 1.37 bits per heavy atom. The van der Waals surface area contributed by atoms with Crippen LogP contribution in [0.3, 0.4) is 0 Å². The summed E-state index contributed by atoms with van der Waals surface area (Å²) in [5.74, 6) is 0.641. The van der Waals surface area contributed by atoms with Crippen LogP contribution in [0, 0.1) is 0 Å². The maximum atomic E-state index is 11.7. The van der Waals surface area contributed by atoms with Gasteiger partial charge in [-0.3, -0.25) is 4.79 Å². The van der Waals surface area contributed by atoms with Gasteiger partial charge in [-0.1, -0.05) is 25.1 Å². The van der Waals surface area contributed by atoms with Crippen molar-refractivity contribution in [2.24, 2.45) is 5.73 Å². The highest BCUT2D eigenvalue weighted by Gasteiger charge is 2.15. The fourth-order valence-corrected chi connectivity index (χ4v) is 1.78. The van der Waals surface area contributed by atoms with E-state index < -0.39 is 6.10 Å². The van der Waals surface area contributed by atoms with Crippen molar-refractivity contribution in [1.29, 1.82) is 0 Å². The molecule has 0 heterocycles. The molecule has 0 saturated heterocycles. The second-order valence-electron chi connectivity index (χ2n) is 4.63. The highest BCUT2D eigenvalue weighted by Crippen LogP contribution is 2.21. The number of rotatable bonds is 7. The minimum atomic E-state index is -0.501. The molecule has 0 aliphatic rings. The molecule has 0 spiro atoms. The molecule has 0 aliphatic carbocycles. The number of nitrogens with two attached hydrogens (primary N) is 1. The SMILES string of the molecule is CCNC(=O)C(C)Oc1ccccc1CC(N)CC. The van der Waals surface area contributed by atoms with Crippen molar-refractivity contribution in [3.8, 4) is 5.75 Å². The molecule has 1 aromatic rings. The van der Waals surface area contributed by atoms with E-state index in [9.17, 15) is 4.79 Å². The molecule has 4 heteroatoms. The number of para-hydroxylation sites is 1. The number of hydrogen-bond acceptors (Lipinski definition) is 3. The van der Waals surface area contributed by atoms with Crippen LogP contribution in [0.25, 0.3) is 0 Å². The summed E-state index contributed by atoms with van der Waals surface area (Å²) in [6.45, 7) is 6.31. The van der Waals surface area contributed by atoms with Crippen molar-refractivity contribution in [2.75, 3.05) is 6.54 Å². The zero-order valence-electron chi connectivity index (χ0n) is 12.0. The molecule has 19 heavy (non-hydrogen) atoms. The predicted octanol–water partition coefficient (Wildman–Crippen LogP) is 1.87. The number of nitrogens with one attached hydrogen (secondary N) is 1. The quantitative estimate of drug-likeness (QED) is 0.790. The van der Waals surface area contributed by atoms with Crippen molar-refractivity contribution in [1.82, 2.24) is 5.32 Å². The number of benzene rings is 1. The first-order valence-corrected chi connectivity index (χ1v) is 6.86. The van der Waals surface area contributed by atoms with E-state index in [1.54, 1.807) is 6.92 Å². The second kappa shape index (κ2) is 7.79. The summed E-state index contributed by atoms with van der Waals surface area (Å²) in [4.78, 5) is 11.7. The van der Waals surface area contributed by atoms with Gasteiger partial charge in [0.1, 0.15) is 5.75 Å². The van der Waals surface area contributed by atoms with Crippen molar-refractivity contribution < 1.29 is 9.53 Å². The van der Waals surface area contributed by atoms with E-state index >= 15 is 0 Å². The lowest BCUT2D eigenvalue weighted by Crippen LogP contribution is -2.36. The molecule has 0 fully saturated rings. The fourth-order valence-electron chi connectivity index (χ4n) is 1.78. The summed E-state index contributed by atoms with van der Waals surface area (Å²) >= 11 is 0. The standard InChI is InChI=1S/C15H24N2O2/c1-4-13(16)10-12-8-6-7-9-14(12)19-11(3)15(18)17-5-2/h6-9,11,13H,4-5,10,16H2,1-3H3,(H,17,18). The second-order valence-corrected chi connectivity index (χ2v) is 4.63. The molecular formula is C15H24N2O2. The Bertz CT molecular complexity index is 407. The molecule has 3 N–H and O–H groups in total. The Balaban J connectivity index is 2.74. The van der Waals surface area contributed by atoms with Gasteiger partial charge >= 0.3 is 0 Å². The summed E-state index contributed by atoms with van der Waals surface area (Å²) in [7, 11) is 0. The Kier molecular flexibility index (Phi) is 6.36. The molecule has 0 aromatic heterocycles. The van der Waals surface area contributed by atoms with Crippen molar-refractivity contribution >= 4 is 5.91 Å². The lowest BCUT2D eigenvalue weighted by Gasteiger charge is -2.18. The fraction of sp³-hybridized carbons (Fsp3) is 0.533. The maximum absolute atomic E-state index is 11.7. The average molecular weight is 264 g/mol. The molecule has 1 rings (SSSR count). The van der Waals surface area contributed by atoms with Gasteiger partial charge in [-0.05, 0) is 38.3 Å². The van der Waals surface area contributed by atoms with Gasteiger partial charge in [-0.15, -0.1) is 0 Å². The first-order valence-electron chi connectivity index (χ1n) is 6.86. The van der Waals surface area contributed by atoms with Crippen molar-refractivity contribution in [3.63, 3.8) is 0 Å². The number of amides is 1. The highest BCUT2D eigenvalue weighted by atomic mass is 16.5. The largest absolute Gasteiger partial charge is 0.481 e. The molecule has 106 valence electrons. The summed E-state index contributed by atoms with van der Waals surface area (Å²) in [6, 6.07) is 7.86. The highest BCUT2D eigenvalue weighted by molar-refractivity contribution is 5.80. The number of carbonyl (C=O) groups is 1. The van der Waals surface area contributed by atoms with Crippen LogP contribution in [0.1, 0.15) is 32.8 Å². The normalized spacial score (nSPS) is 13.7. The van der Waals surface area contributed by atoms with Crippen LogP contribution in [-0.4, -0.2) is 24.6 Å². The van der Waals surface area contributed by atoms with Gasteiger partial charge in [0.05, 0.1) is 0 Å². The molecule has 0 bridgehead atoms. The van der Waals surface area contributed by atoms with Gasteiger partial charge in [0, 0.05) is 12.6 Å². The minimum absolute atomic E-state index is 0.0999. The van der Waals surface area contributed by atoms with E-state index in [1.807, 2.05) is 31.2 Å². The van der Waals surface area contributed by atoms with Crippen LogP contribution in [0.5, 0.6) is 5.75 Å². The number of carbonyl (C=O) groups excluding carboxylic acids is 1. The average Bonchev–Trinajstić information content (AvgIpc) is 2.41.